The van der Waals surface area contributed by atoms with Gasteiger partial charge in [0.15, 0.2) is 0 Å². The third kappa shape index (κ3) is 0.903. The van der Waals surface area contributed by atoms with E-state index in [1.165, 1.54) is 16.8 Å². The Morgan fingerprint density at radius 1 is 1.67 bits per heavy atom. The molecule has 0 radical (unpaired) electrons. The van der Waals surface area contributed by atoms with Crippen LogP contribution in [0.2, 0.25) is 0 Å². The van der Waals surface area contributed by atoms with Gasteiger partial charge in [0.25, 0.3) is 5.56 Å². The third-order valence-electron chi connectivity index (χ3n) is 1.71. The van der Waals surface area contributed by atoms with Gasteiger partial charge >= 0.3 is 0 Å². The Balaban J connectivity index is 2.84. The lowest BCUT2D eigenvalue weighted by Gasteiger charge is -1.93. The van der Waals surface area contributed by atoms with Crippen molar-refractivity contribution in [3.63, 3.8) is 0 Å². The van der Waals surface area contributed by atoms with E-state index < -0.39 is 0 Å². The molecule has 5 heteroatoms. The van der Waals surface area contributed by atoms with Gasteiger partial charge in [-0.3, -0.25) is 4.79 Å². The number of nitrogens with one attached hydrogen (secondary N) is 1. The molecule has 12 heavy (non-hydrogen) atoms. The fraction of sp³-hybridized carbons (Fsp3) is 0.286. The molecule has 0 unspecified atom stereocenters. The second kappa shape index (κ2) is 2.44. The first kappa shape index (κ1) is 7.02. The van der Waals surface area contributed by atoms with Crippen molar-refractivity contribution in [2.75, 3.05) is 0 Å². The maximum Gasteiger partial charge on any atom is 0.260 e. The highest BCUT2D eigenvalue weighted by Crippen LogP contribution is 1.93. The van der Waals surface area contributed by atoms with Crippen LogP contribution in [0.4, 0.5) is 0 Å². The number of hydrogen-bond donors (Lipinski definition) is 1. The Kier molecular flexibility index (Phi) is 1.43. The number of aromatic amines is 1. The SMILES string of the molecule is CCc1cc(=O)n2cn[nH]c2n1. The van der Waals surface area contributed by atoms with E-state index in [9.17, 15) is 4.79 Å². The molecule has 2 heterocycles. The number of fused-ring (bicyclic) bond motifs is 1. The highest BCUT2D eigenvalue weighted by Gasteiger charge is 2.00. The molecule has 0 fully saturated rings. The number of nitrogens with zero attached hydrogens (tertiary/aromatic N) is 3. The maximum absolute atomic E-state index is 11.3. The van der Waals surface area contributed by atoms with Crippen LogP contribution in [0.3, 0.4) is 0 Å². The summed E-state index contributed by atoms with van der Waals surface area (Å²) in [6.45, 7) is 1.95. The Morgan fingerprint density at radius 2 is 2.50 bits per heavy atom. The van der Waals surface area contributed by atoms with Crippen LogP contribution in [0, 0.1) is 0 Å². The van der Waals surface area contributed by atoms with Gasteiger partial charge in [-0.05, 0) is 6.42 Å². The third-order valence-corrected chi connectivity index (χ3v) is 1.71. The molecule has 2 rings (SSSR count). The quantitative estimate of drug-likeness (QED) is 0.644. The average molecular weight is 164 g/mol. The van der Waals surface area contributed by atoms with Gasteiger partial charge in [-0.2, -0.15) is 5.10 Å². The van der Waals surface area contributed by atoms with E-state index in [1.54, 1.807) is 0 Å². The summed E-state index contributed by atoms with van der Waals surface area (Å²) >= 11 is 0. The highest BCUT2D eigenvalue weighted by atomic mass is 16.1. The molecular formula is C7H8N4O. The number of aryl methyl sites for hydroxylation is 1. The summed E-state index contributed by atoms with van der Waals surface area (Å²) in [7, 11) is 0. The smallest absolute Gasteiger partial charge is 0.260 e. The second-order valence-corrected chi connectivity index (χ2v) is 2.49. The van der Waals surface area contributed by atoms with Crippen LogP contribution in [0.15, 0.2) is 17.2 Å². The molecule has 0 amide bonds. The van der Waals surface area contributed by atoms with Crippen molar-refractivity contribution in [1.29, 1.82) is 0 Å². The van der Waals surface area contributed by atoms with Gasteiger partial charge in [-0.25, -0.2) is 14.5 Å². The van der Waals surface area contributed by atoms with Gasteiger partial charge in [0, 0.05) is 11.8 Å². The first-order valence-corrected chi connectivity index (χ1v) is 3.73. The summed E-state index contributed by atoms with van der Waals surface area (Å²) in [5.74, 6) is 0.499. The molecule has 0 spiro atoms. The monoisotopic (exact) mass is 164 g/mol. The molecule has 0 saturated carbocycles. The van der Waals surface area contributed by atoms with Gasteiger partial charge in [0.1, 0.15) is 6.33 Å². The van der Waals surface area contributed by atoms with Gasteiger partial charge in [0.2, 0.25) is 5.78 Å². The van der Waals surface area contributed by atoms with Crippen LogP contribution < -0.4 is 5.56 Å². The second-order valence-electron chi connectivity index (χ2n) is 2.49. The maximum atomic E-state index is 11.3. The van der Waals surface area contributed by atoms with Crippen molar-refractivity contribution < 1.29 is 0 Å². The molecular weight excluding hydrogens is 156 g/mol. The van der Waals surface area contributed by atoms with E-state index in [0.29, 0.717) is 5.78 Å². The first-order valence-electron chi connectivity index (χ1n) is 3.73. The summed E-state index contributed by atoms with van der Waals surface area (Å²) in [5, 5.41) is 6.35. The largest absolute Gasteiger partial charge is 0.269 e. The van der Waals surface area contributed by atoms with Crippen LogP contribution in [-0.2, 0) is 6.42 Å². The van der Waals surface area contributed by atoms with E-state index in [1.807, 2.05) is 6.92 Å². The summed E-state index contributed by atoms with van der Waals surface area (Å²) < 4.78 is 1.37. The predicted molar refractivity (Wildman–Crippen MR) is 43.0 cm³/mol. The van der Waals surface area contributed by atoms with E-state index >= 15 is 0 Å². The lowest BCUT2D eigenvalue weighted by Crippen LogP contribution is -2.13. The van der Waals surface area contributed by atoms with Crippen LogP contribution >= 0.6 is 0 Å². The predicted octanol–water partition coefficient (Wildman–Crippen LogP) is -0.0200. The minimum Gasteiger partial charge on any atom is -0.269 e. The zero-order chi connectivity index (χ0) is 8.55. The number of H-pyrrole nitrogens is 1. The van der Waals surface area contributed by atoms with Crippen molar-refractivity contribution in [1.82, 2.24) is 19.6 Å². The lowest BCUT2D eigenvalue weighted by molar-refractivity contribution is 0.966. The Labute approximate surface area is 68.1 Å². The van der Waals surface area contributed by atoms with Crippen molar-refractivity contribution >= 4 is 5.78 Å². The zero-order valence-corrected chi connectivity index (χ0v) is 6.61. The van der Waals surface area contributed by atoms with Gasteiger partial charge in [-0.1, -0.05) is 6.92 Å². The normalized spacial score (nSPS) is 10.8. The minimum atomic E-state index is -0.0920. The van der Waals surface area contributed by atoms with Crippen LogP contribution in [0.25, 0.3) is 5.78 Å². The van der Waals surface area contributed by atoms with Gasteiger partial charge < -0.3 is 0 Å². The van der Waals surface area contributed by atoms with E-state index in [4.69, 9.17) is 0 Å². The fourth-order valence-electron chi connectivity index (χ4n) is 1.05. The summed E-state index contributed by atoms with van der Waals surface area (Å²) in [5.41, 5.74) is 0.690. The van der Waals surface area contributed by atoms with E-state index in [-0.39, 0.29) is 5.56 Å². The molecule has 1 N–H and O–H groups in total. The number of hydrogen-bond acceptors (Lipinski definition) is 3. The number of rotatable bonds is 1. The fourth-order valence-corrected chi connectivity index (χ4v) is 1.05. The minimum absolute atomic E-state index is 0.0920. The van der Waals surface area contributed by atoms with E-state index in [2.05, 4.69) is 15.2 Å². The molecule has 0 aliphatic rings. The van der Waals surface area contributed by atoms with Crippen molar-refractivity contribution in [2.45, 2.75) is 13.3 Å². The van der Waals surface area contributed by atoms with Crippen LogP contribution in [0.5, 0.6) is 0 Å². The van der Waals surface area contributed by atoms with Gasteiger partial charge in [-0.15, -0.1) is 0 Å². The Hall–Kier alpha value is -1.65. The van der Waals surface area contributed by atoms with Crippen molar-refractivity contribution in [3.05, 3.63) is 28.4 Å². The number of aromatic nitrogens is 4. The topological polar surface area (TPSA) is 63.1 Å². The summed E-state index contributed by atoms with van der Waals surface area (Å²) in [4.78, 5) is 15.4. The zero-order valence-electron chi connectivity index (χ0n) is 6.61. The summed E-state index contributed by atoms with van der Waals surface area (Å²) in [6.07, 6.45) is 2.18. The Morgan fingerprint density at radius 3 is 3.25 bits per heavy atom. The average Bonchev–Trinajstić information content (AvgIpc) is 2.52. The summed E-state index contributed by atoms with van der Waals surface area (Å²) in [6, 6.07) is 1.52. The van der Waals surface area contributed by atoms with Crippen LogP contribution in [0.1, 0.15) is 12.6 Å². The molecule has 2 aromatic rings. The van der Waals surface area contributed by atoms with Crippen molar-refractivity contribution in [2.24, 2.45) is 0 Å². The molecule has 0 saturated heterocycles. The molecule has 0 aliphatic heterocycles. The molecule has 0 atom stereocenters. The molecule has 0 aliphatic carbocycles. The molecule has 62 valence electrons. The molecule has 0 aromatic carbocycles. The van der Waals surface area contributed by atoms with Crippen LogP contribution in [-0.4, -0.2) is 19.6 Å². The van der Waals surface area contributed by atoms with E-state index in [0.717, 1.165) is 12.1 Å². The Bertz CT molecular complexity index is 456. The molecule has 0 bridgehead atoms. The lowest BCUT2D eigenvalue weighted by atomic mass is 10.3. The first-order chi connectivity index (χ1) is 5.81. The van der Waals surface area contributed by atoms with Gasteiger partial charge in [0.05, 0.1) is 0 Å². The standard InChI is InChI=1S/C7H8N4O/c1-2-5-3-6(12)11-4-8-10-7(11)9-5/h3-4H,2H2,1H3,(H,9,10). The molecule has 5 nitrogen and oxygen atoms in total. The molecule has 2 aromatic heterocycles. The van der Waals surface area contributed by atoms with Crippen molar-refractivity contribution in [3.8, 4) is 0 Å². The highest BCUT2D eigenvalue weighted by molar-refractivity contribution is 5.26.